The SMILES string of the molecule is COc1cc2nc(C)ccc2cc1-c1cnc(CCCCCCC(=O)c2ccon2)o1. The van der Waals surface area contributed by atoms with E-state index in [2.05, 4.69) is 15.1 Å². The van der Waals surface area contributed by atoms with Crippen molar-refractivity contribution < 1.29 is 18.5 Å². The van der Waals surface area contributed by atoms with Gasteiger partial charge in [0.1, 0.15) is 17.7 Å². The minimum absolute atomic E-state index is 0.0285. The van der Waals surface area contributed by atoms with E-state index in [9.17, 15) is 4.79 Å². The molecule has 0 N–H and O–H groups in total. The summed E-state index contributed by atoms with van der Waals surface area (Å²) in [6.07, 6.45) is 8.19. The second kappa shape index (κ2) is 9.55. The lowest BCUT2D eigenvalue weighted by Gasteiger charge is -2.08. The standard InChI is InChI=1S/C24H25N3O4/c1-16-9-10-17-13-18(22(29-2)14-20(17)26-16)23-15-25-24(31-23)8-6-4-3-5-7-21(28)19-11-12-30-27-19/h9-15H,3-8H2,1-2H3. The Bertz CT molecular complexity index is 1170. The number of ether oxygens (including phenoxy) is 1. The maximum absolute atomic E-state index is 11.9. The molecule has 4 rings (SSSR count). The number of hydrogen-bond donors (Lipinski definition) is 0. The second-order valence-electron chi connectivity index (χ2n) is 7.54. The third-order valence-electron chi connectivity index (χ3n) is 5.24. The Hall–Kier alpha value is -3.48. The molecule has 0 saturated heterocycles. The van der Waals surface area contributed by atoms with E-state index in [1.807, 2.05) is 31.2 Å². The molecule has 0 atom stereocenters. The van der Waals surface area contributed by atoms with E-state index >= 15 is 0 Å². The van der Waals surface area contributed by atoms with Crippen LogP contribution in [0.5, 0.6) is 5.75 Å². The highest BCUT2D eigenvalue weighted by atomic mass is 16.5. The van der Waals surface area contributed by atoms with Crippen molar-refractivity contribution in [2.24, 2.45) is 0 Å². The number of aromatic nitrogens is 3. The average molecular weight is 419 g/mol. The lowest BCUT2D eigenvalue weighted by molar-refractivity contribution is 0.0970. The van der Waals surface area contributed by atoms with Gasteiger partial charge in [-0.2, -0.15) is 0 Å². The molecule has 0 aliphatic heterocycles. The summed E-state index contributed by atoms with van der Waals surface area (Å²) in [7, 11) is 1.64. The summed E-state index contributed by atoms with van der Waals surface area (Å²) >= 11 is 0. The molecule has 31 heavy (non-hydrogen) atoms. The summed E-state index contributed by atoms with van der Waals surface area (Å²) in [6, 6.07) is 9.59. The highest BCUT2D eigenvalue weighted by Gasteiger charge is 2.14. The summed E-state index contributed by atoms with van der Waals surface area (Å²) in [5, 5.41) is 4.70. The topological polar surface area (TPSA) is 91.2 Å². The number of carbonyl (C=O) groups is 1. The van der Waals surface area contributed by atoms with E-state index in [0.29, 0.717) is 29.5 Å². The number of hydrogen-bond acceptors (Lipinski definition) is 7. The van der Waals surface area contributed by atoms with E-state index < -0.39 is 0 Å². The number of rotatable bonds is 10. The largest absolute Gasteiger partial charge is 0.496 e. The van der Waals surface area contributed by atoms with Crippen molar-refractivity contribution in [2.45, 2.75) is 45.4 Å². The number of nitrogens with zero attached hydrogens (tertiary/aromatic N) is 3. The molecule has 0 fully saturated rings. The van der Waals surface area contributed by atoms with Gasteiger partial charge in [0.05, 0.1) is 24.4 Å². The predicted molar refractivity (Wildman–Crippen MR) is 116 cm³/mol. The number of methoxy groups -OCH3 is 1. The van der Waals surface area contributed by atoms with Crippen LogP contribution in [0.2, 0.25) is 0 Å². The minimum Gasteiger partial charge on any atom is -0.496 e. The van der Waals surface area contributed by atoms with Gasteiger partial charge < -0.3 is 13.7 Å². The van der Waals surface area contributed by atoms with E-state index in [4.69, 9.17) is 13.7 Å². The third kappa shape index (κ3) is 4.99. The Kier molecular flexibility index (Phi) is 6.40. The fraction of sp³-hybridized carbons (Fsp3) is 0.333. The molecule has 7 heteroatoms. The maximum atomic E-state index is 11.9. The molecule has 3 heterocycles. The molecule has 7 nitrogen and oxygen atoms in total. The van der Waals surface area contributed by atoms with Gasteiger partial charge in [0.15, 0.2) is 17.4 Å². The molecule has 0 saturated carbocycles. The lowest BCUT2D eigenvalue weighted by Crippen LogP contribution is -1.98. The van der Waals surface area contributed by atoms with Crippen LogP contribution in [0.4, 0.5) is 0 Å². The van der Waals surface area contributed by atoms with Gasteiger partial charge in [0, 0.05) is 36.1 Å². The van der Waals surface area contributed by atoms with E-state index in [0.717, 1.165) is 54.3 Å². The number of aryl methyl sites for hydroxylation is 2. The first-order chi connectivity index (χ1) is 15.1. The normalized spacial score (nSPS) is 11.2. The number of benzene rings is 1. The lowest BCUT2D eigenvalue weighted by atomic mass is 10.1. The number of oxazole rings is 1. The van der Waals surface area contributed by atoms with E-state index in [-0.39, 0.29) is 5.78 Å². The van der Waals surface area contributed by atoms with Crippen LogP contribution < -0.4 is 4.74 Å². The van der Waals surface area contributed by atoms with Crippen molar-refractivity contribution >= 4 is 16.7 Å². The van der Waals surface area contributed by atoms with Crippen LogP contribution in [-0.2, 0) is 6.42 Å². The zero-order chi connectivity index (χ0) is 21.6. The molecule has 0 aliphatic rings. The molecule has 0 radical (unpaired) electrons. The van der Waals surface area contributed by atoms with Gasteiger partial charge in [-0.15, -0.1) is 0 Å². The molecule has 0 spiro atoms. The van der Waals surface area contributed by atoms with Gasteiger partial charge in [-0.3, -0.25) is 9.78 Å². The Morgan fingerprint density at radius 3 is 2.77 bits per heavy atom. The molecule has 4 aromatic rings. The Morgan fingerprint density at radius 1 is 1.10 bits per heavy atom. The molecular formula is C24H25N3O4. The molecule has 0 amide bonds. The van der Waals surface area contributed by atoms with Crippen molar-refractivity contribution in [3.8, 4) is 17.1 Å². The first-order valence-electron chi connectivity index (χ1n) is 10.5. The Labute approximate surface area is 180 Å². The number of fused-ring (bicyclic) bond motifs is 1. The fourth-order valence-electron chi connectivity index (χ4n) is 3.57. The highest BCUT2D eigenvalue weighted by molar-refractivity contribution is 5.93. The number of unbranched alkanes of at least 4 members (excludes halogenated alkanes) is 3. The predicted octanol–water partition coefficient (Wildman–Crippen LogP) is 5.57. The van der Waals surface area contributed by atoms with Gasteiger partial charge >= 0.3 is 0 Å². The molecule has 3 aromatic heterocycles. The van der Waals surface area contributed by atoms with Crippen molar-refractivity contribution in [2.75, 3.05) is 7.11 Å². The molecule has 160 valence electrons. The average Bonchev–Trinajstić information content (AvgIpc) is 3.47. The Morgan fingerprint density at radius 2 is 1.97 bits per heavy atom. The van der Waals surface area contributed by atoms with Gasteiger partial charge in [-0.05, 0) is 31.9 Å². The summed E-state index contributed by atoms with van der Waals surface area (Å²) < 4.78 is 16.3. The summed E-state index contributed by atoms with van der Waals surface area (Å²) in [5.41, 5.74) is 3.13. The molecular weight excluding hydrogens is 394 g/mol. The van der Waals surface area contributed by atoms with Gasteiger partial charge in [0.2, 0.25) is 0 Å². The number of ketones is 1. The van der Waals surface area contributed by atoms with Gasteiger partial charge in [-0.25, -0.2) is 4.98 Å². The zero-order valence-corrected chi connectivity index (χ0v) is 17.8. The van der Waals surface area contributed by atoms with Crippen LogP contribution in [0.15, 0.2) is 51.7 Å². The first kappa shape index (κ1) is 20.8. The number of pyridine rings is 1. The maximum Gasteiger partial charge on any atom is 0.194 e. The van der Waals surface area contributed by atoms with Crippen molar-refractivity contribution in [1.29, 1.82) is 0 Å². The van der Waals surface area contributed by atoms with E-state index in [1.165, 1.54) is 6.26 Å². The smallest absolute Gasteiger partial charge is 0.194 e. The molecule has 0 unspecified atom stereocenters. The second-order valence-corrected chi connectivity index (χ2v) is 7.54. The van der Waals surface area contributed by atoms with Gasteiger partial charge in [0.25, 0.3) is 0 Å². The first-order valence-corrected chi connectivity index (χ1v) is 10.5. The molecule has 0 aliphatic carbocycles. The summed E-state index contributed by atoms with van der Waals surface area (Å²) in [5.74, 6) is 2.14. The highest BCUT2D eigenvalue weighted by Crippen LogP contribution is 2.34. The summed E-state index contributed by atoms with van der Waals surface area (Å²) in [6.45, 7) is 1.97. The van der Waals surface area contributed by atoms with Crippen molar-refractivity contribution in [3.05, 3.63) is 60.1 Å². The van der Waals surface area contributed by atoms with Crippen LogP contribution >= 0.6 is 0 Å². The number of carbonyl (C=O) groups excluding carboxylic acids is 1. The summed E-state index contributed by atoms with van der Waals surface area (Å²) in [4.78, 5) is 20.9. The van der Waals surface area contributed by atoms with Crippen LogP contribution in [0, 0.1) is 6.92 Å². The zero-order valence-electron chi connectivity index (χ0n) is 17.8. The van der Waals surface area contributed by atoms with Crippen LogP contribution in [0.25, 0.3) is 22.2 Å². The van der Waals surface area contributed by atoms with Crippen LogP contribution in [0.1, 0.15) is 54.2 Å². The fourth-order valence-corrected chi connectivity index (χ4v) is 3.57. The van der Waals surface area contributed by atoms with Crippen molar-refractivity contribution in [3.63, 3.8) is 0 Å². The third-order valence-corrected chi connectivity index (χ3v) is 5.24. The quantitative estimate of drug-likeness (QED) is 0.245. The van der Waals surface area contributed by atoms with Crippen LogP contribution in [-0.4, -0.2) is 28.0 Å². The Balaban J connectivity index is 1.31. The number of Topliss-reactive ketones (excluding diaryl/α,β-unsaturated/α-hetero) is 1. The van der Waals surface area contributed by atoms with Crippen molar-refractivity contribution in [1.82, 2.24) is 15.1 Å². The molecule has 1 aromatic carbocycles. The molecule has 0 bridgehead atoms. The van der Waals surface area contributed by atoms with Crippen LogP contribution in [0.3, 0.4) is 0 Å². The van der Waals surface area contributed by atoms with E-state index in [1.54, 1.807) is 19.4 Å². The minimum atomic E-state index is 0.0285. The van der Waals surface area contributed by atoms with Gasteiger partial charge in [-0.1, -0.05) is 24.1 Å². The monoisotopic (exact) mass is 419 g/mol.